The summed E-state index contributed by atoms with van der Waals surface area (Å²) in [5, 5.41) is 14.8. The molecule has 0 N–H and O–H groups in total. The van der Waals surface area contributed by atoms with Crippen LogP contribution in [0.25, 0.3) is 97.9 Å². The molecule has 0 saturated heterocycles. The normalized spacial score (nSPS) is 12.1. The zero-order valence-electron chi connectivity index (χ0n) is 25.6. The van der Waals surface area contributed by atoms with Crippen molar-refractivity contribution < 1.29 is 0 Å². The van der Waals surface area contributed by atoms with Crippen molar-refractivity contribution in [2.75, 3.05) is 0 Å². The first-order valence-electron chi connectivity index (χ1n) is 15.9. The second-order valence-electron chi connectivity index (χ2n) is 12.6. The first-order valence-corrected chi connectivity index (χ1v) is 15.9. The van der Waals surface area contributed by atoms with Crippen LogP contribution in [0.2, 0.25) is 0 Å². The Morgan fingerprint density at radius 1 is 0.348 bits per heavy atom. The number of aryl methyl sites for hydroxylation is 2. The van der Waals surface area contributed by atoms with Gasteiger partial charge in [0.15, 0.2) is 0 Å². The Balaban J connectivity index is 1.26. The fourth-order valence-electron chi connectivity index (χ4n) is 7.91. The fourth-order valence-corrected chi connectivity index (χ4v) is 7.91. The lowest BCUT2D eigenvalue weighted by atomic mass is 9.88. The van der Waals surface area contributed by atoms with E-state index in [-0.39, 0.29) is 0 Å². The van der Waals surface area contributed by atoms with Gasteiger partial charge in [0.25, 0.3) is 0 Å². The zero-order valence-corrected chi connectivity index (χ0v) is 25.6. The minimum absolute atomic E-state index is 1.02. The van der Waals surface area contributed by atoms with Crippen molar-refractivity contribution in [2.45, 2.75) is 13.8 Å². The largest absolute Gasteiger partial charge is 0.252 e. The third-order valence-corrected chi connectivity index (χ3v) is 10.00. The number of pyridine rings is 2. The lowest BCUT2D eigenvalue weighted by Gasteiger charge is -2.18. The SMILES string of the molecule is Cc1nc2cc(-c3cc4ccccc4c4ccccc34)cc3c(C)nc4cc(-c5cc6ccccc6c6ccccc56)cc1c4c23. The van der Waals surface area contributed by atoms with Crippen molar-refractivity contribution in [2.24, 2.45) is 0 Å². The predicted octanol–water partition coefficient (Wildman–Crippen LogP) is 11.9. The molecule has 0 atom stereocenters. The maximum absolute atomic E-state index is 5.29. The number of fused-ring (bicyclic) bond motifs is 6. The van der Waals surface area contributed by atoms with Crippen LogP contribution in [0.5, 0.6) is 0 Å². The summed E-state index contributed by atoms with van der Waals surface area (Å²) in [5.74, 6) is 0. The van der Waals surface area contributed by atoms with Crippen molar-refractivity contribution in [3.63, 3.8) is 0 Å². The Labute approximate surface area is 265 Å². The van der Waals surface area contributed by atoms with Gasteiger partial charge in [0.1, 0.15) is 0 Å². The van der Waals surface area contributed by atoms with Gasteiger partial charge in [0, 0.05) is 32.9 Å². The number of aromatic nitrogens is 2. The van der Waals surface area contributed by atoms with Crippen LogP contribution >= 0.6 is 0 Å². The molecule has 214 valence electrons. The second-order valence-corrected chi connectivity index (χ2v) is 12.6. The monoisotopic (exact) mass is 584 g/mol. The van der Waals surface area contributed by atoms with Gasteiger partial charge in [-0.2, -0.15) is 0 Å². The third kappa shape index (κ3) is 3.53. The summed E-state index contributed by atoms with van der Waals surface area (Å²) in [5.41, 5.74) is 8.89. The Morgan fingerprint density at radius 2 is 0.717 bits per heavy atom. The minimum Gasteiger partial charge on any atom is -0.252 e. The van der Waals surface area contributed by atoms with Gasteiger partial charge < -0.3 is 0 Å². The molecule has 0 spiro atoms. The van der Waals surface area contributed by atoms with Gasteiger partial charge in [0.05, 0.1) is 11.0 Å². The second kappa shape index (κ2) is 9.32. The number of hydrogen-bond acceptors (Lipinski definition) is 2. The molecule has 10 rings (SSSR count). The number of hydrogen-bond donors (Lipinski definition) is 0. The van der Waals surface area contributed by atoms with Gasteiger partial charge in [-0.25, -0.2) is 0 Å². The highest BCUT2D eigenvalue weighted by Crippen LogP contribution is 2.43. The fraction of sp³-hybridized carbons (Fsp3) is 0.0455. The molecule has 0 aliphatic carbocycles. The van der Waals surface area contributed by atoms with Crippen molar-refractivity contribution in [1.82, 2.24) is 9.97 Å². The average molecular weight is 585 g/mol. The van der Waals surface area contributed by atoms with Gasteiger partial charge in [-0.3, -0.25) is 9.97 Å². The van der Waals surface area contributed by atoms with E-state index in [2.05, 4.69) is 147 Å². The van der Waals surface area contributed by atoms with Crippen LogP contribution in [-0.2, 0) is 0 Å². The molecule has 0 saturated carbocycles. The quantitative estimate of drug-likeness (QED) is 0.189. The van der Waals surface area contributed by atoms with Crippen molar-refractivity contribution in [1.29, 1.82) is 0 Å². The highest BCUT2D eigenvalue weighted by Gasteiger charge is 2.19. The van der Waals surface area contributed by atoms with E-state index in [1.54, 1.807) is 0 Å². The molecule has 8 aromatic carbocycles. The maximum Gasteiger partial charge on any atom is 0.0725 e. The van der Waals surface area contributed by atoms with Crippen LogP contribution < -0.4 is 0 Å². The maximum atomic E-state index is 5.29. The summed E-state index contributed by atoms with van der Waals surface area (Å²) in [7, 11) is 0. The Morgan fingerprint density at radius 3 is 1.15 bits per heavy atom. The van der Waals surface area contributed by atoms with Crippen LogP contribution in [0, 0.1) is 13.8 Å². The zero-order chi connectivity index (χ0) is 30.5. The van der Waals surface area contributed by atoms with E-state index < -0.39 is 0 Å². The molecule has 0 radical (unpaired) electrons. The molecule has 10 aromatic rings. The van der Waals surface area contributed by atoms with E-state index >= 15 is 0 Å². The van der Waals surface area contributed by atoms with E-state index in [1.165, 1.54) is 86.9 Å². The summed E-state index contributed by atoms with van der Waals surface area (Å²) in [6.07, 6.45) is 0. The topological polar surface area (TPSA) is 25.8 Å². The Bertz CT molecular complexity index is 2680. The highest BCUT2D eigenvalue weighted by atomic mass is 14.7. The summed E-state index contributed by atoms with van der Waals surface area (Å²) in [6.45, 7) is 4.29. The summed E-state index contributed by atoms with van der Waals surface area (Å²) in [4.78, 5) is 10.6. The molecule has 0 aliphatic rings. The molecule has 2 heteroatoms. The minimum atomic E-state index is 1.02. The third-order valence-electron chi connectivity index (χ3n) is 10.00. The van der Waals surface area contributed by atoms with Crippen molar-refractivity contribution in [3.8, 4) is 22.3 Å². The first-order chi connectivity index (χ1) is 22.6. The first kappa shape index (κ1) is 25.5. The Kier molecular flexibility index (Phi) is 5.16. The lowest BCUT2D eigenvalue weighted by Crippen LogP contribution is -1.97. The number of nitrogens with zero attached hydrogens (tertiary/aromatic N) is 2. The van der Waals surface area contributed by atoms with Crippen molar-refractivity contribution in [3.05, 3.63) is 145 Å². The number of rotatable bonds is 2. The molecule has 2 nitrogen and oxygen atoms in total. The molecule has 0 aliphatic heterocycles. The lowest BCUT2D eigenvalue weighted by molar-refractivity contribution is 1.26. The van der Waals surface area contributed by atoms with Crippen LogP contribution in [-0.4, -0.2) is 9.97 Å². The molecule has 0 amide bonds. The molecule has 46 heavy (non-hydrogen) atoms. The van der Waals surface area contributed by atoms with Gasteiger partial charge in [-0.05, 0) is 116 Å². The smallest absolute Gasteiger partial charge is 0.0725 e. The molecular formula is C44H28N2. The number of benzene rings is 8. The summed E-state index contributed by atoms with van der Waals surface area (Å²) < 4.78 is 0. The van der Waals surface area contributed by atoms with E-state index in [4.69, 9.17) is 9.97 Å². The van der Waals surface area contributed by atoms with Crippen LogP contribution in [0.15, 0.2) is 133 Å². The van der Waals surface area contributed by atoms with Crippen LogP contribution in [0.3, 0.4) is 0 Å². The molecule has 2 heterocycles. The summed E-state index contributed by atoms with van der Waals surface area (Å²) >= 11 is 0. The van der Waals surface area contributed by atoms with Gasteiger partial charge >= 0.3 is 0 Å². The van der Waals surface area contributed by atoms with E-state index in [0.717, 1.165) is 22.4 Å². The van der Waals surface area contributed by atoms with E-state index in [1.807, 2.05) is 0 Å². The molecule has 2 aromatic heterocycles. The van der Waals surface area contributed by atoms with E-state index in [0.29, 0.717) is 0 Å². The average Bonchev–Trinajstić information content (AvgIpc) is 3.10. The highest BCUT2D eigenvalue weighted by molar-refractivity contribution is 6.25. The molecular weight excluding hydrogens is 556 g/mol. The molecule has 0 unspecified atom stereocenters. The van der Waals surface area contributed by atoms with Crippen molar-refractivity contribution >= 4 is 75.7 Å². The van der Waals surface area contributed by atoms with Crippen LogP contribution in [0.1, 0.15) is 11.4 Å². The van der Waals surface area contributed by atoms with Gasteiger partial charge in [-0.15, -0.1) is 0 Å². The van der Waals surface area contributed by atoms with Gasteiger partial charge in [0.2, 0.25) is 0 Å². The van der Waals surface area contributed by atoms with E-state index in [9.17, 15) is 0 Å². The Hall–Kier alpha value is -5.86. The van der Waals surface area contributed by atoms with Gasteiger partial charge in [-0.1, -0.05) is 97.1 Å². The summed E-state index contributed by atoms with van der Waals surface area (Å²) in [6, 6.07) is 48.7. The predicted molar refractivity (Wildman–Crippen MR) is 196 cm³/mol. The molecule has 0 fully saturated rings. The van der Waals surface area contributed by atoms with Crippen LogP contribution in [0.4, 0.5) is 0 Å². The molecule has 0 bridgehead atoms. The standard InChI is InChI=1S/C44H28N2/c1-25-37-21-29(39-19-27-11-3-5-13-31(27)33-15-7-9-17-35(33)39)24-42-43(37)44-38(26(2)46-42)22-30(23-41(44)45-25)40-20-28-12-4-6-14-32(28)34-16-8-10-18-36(34)40/h3-24H,1-2H3.